The van der Waals surface area contributed by atoms with Crippen molar-refractivity contribution >= 4 is 0 Å². The fourth-order valence-electron chi connectivity index (χ4n) is 2.96. The Hall–Kier alpha value is -3.68. The summed E-state index contributed by atoms with van der Waals surface area (Å²) in [5.74, 6) is 1.71. The molecule has 4 rings (SSSR count). The first-order valence-corrected chi connectivity index (χ1v) is 9.47. The highest BCUT2D eigenvalue weighted by Crippen LogP contribution is 2.31. The van der Waals surface area contributed by atoms with Crippen molar-refractivity contribution in [3.8, 4) is 28.7 Å². The number of hydrogen-bond acceptors (Lipinski definition) is 5. The highest BCUT2D eigenvalue weighted by Gasteiger charge is 2.30. The van der Waals surface area contributed by atoms with Gasteiger partial charge in [0, 0.05) is 22.9 Å². The van der Waals surface area contributed by atoms with Crippen molar-refractivity contribution in [1.82, 2.24) is 15.0 Å². The zero-order chi connectivity index (χ0) is 22.0. The maximum absolute atomic E-state index is 12.8. The van der Waals surface area contributed by atoms with Crippen LogP contribution >= 0.6 is 0 Å². The van der Waals surface area contributed by atoms with Crippen LogP contribution in [0, 0.1) is 13.8 Å². The summed E-state index contributed by atoms with van der Waals surface area (Å²) in [6, 6.07) is 15.9. The van der Waals surface area contributed by atoms with Crippen LogP contribution in [0.15, 0.2) is 65.1 Å². The molecule has 0 amide bonds. The monoisotopic (exact) mass is 425 g/mol. The maximum Gasteiger partial charge on any atom is 0.416 e. The van der Waals surface area contributed by atoms with Crippen LogP contribution in [0.25, 0.3) is 22.8 Å². The molecule has 0 radical (unpaired) electrons. The van der Waals surface area contributed by atoms with Crippen molar-refractivity contribution in [3.05, 3.63) is 83.4 Å². The first-order valence-electron chi connectivity index (χ1n) is 9.47. The van der Waals surface area contributed by atoms with Crippen molar-refractivity contribution < 1.29 is 22.3 Å². The van der Waals surface area contributed by atoms with E-state index in [-0.39, 0.29) is 12.4 Å². The smallest absolute Gasteiger partial charge is 0.416 e. The zero-order valence-electron chi connectivity index (χ0n) is 16.8. The highest BCUT2D eigenvalue weighted by atomic mass is 19.4. The Morgan fingerprint density at radius 3 is 2.26 bits per heavy atom. The standard InChI is InChI=1S/C23H18F3N3O2/c1-14-12-20(29-21(27-14)16-8-10-18(11-9-16)23(24,25)26)30-13-19-15(2)31-22(28-19)17-6-4-3-5-7-17/h3-12H,13H2,1-2H3. The summed E-state index contributed by atoms with van der Waals surface area (Å²) in [5, 5.41) is 0. The quantitative estimate of drug-likeness (QED) is 0.392. The SMILES string of the molecule is Cc1cc(OCc2nc(-c3ccccc3)oc2C)nc(-c2ccc(C(F)(F)F)cc2)n1. The number of ether oxygens (including phenoxy) is 1. The predicted molar refractivity (Wildman–Crippen MR) is 108 cm³/mol. The van der Waals surface area contributed by atoms with Gasteiger partial charge in [0.15, 0.2) is 5.82 Å². The molecular formula is C23H18F3N3O2. The van der Waals surface area contributed by atoms with Crippen molar-refractivity contribution in [3.63, 3.8) is 0 Å². The lowest BCUT2D eigenvalue weighted by atomic mass is 10.1. The molecule has 4 aromatic rings. The second-order valence-corrected chi connectivity index (χ2v) is 6.92. The van der Waals surface area contributed by atoms with Crippen LogP contribution in [-0.2, 0) is 12.8 Å². The Morgan fingerprint density at radius 2 is 1.58 bits per heavy atom. The topological polar surface area (TPSA) is 61.0 Å². The van der Waals surface area contributed by atoms with E-state index in [2.05, 4.69) is 15.0 Å². The molecule has 0 aliphatic carbocycles. The number of aromatic nitrogens is 3. The summed E-state index contributed by atoms with van der Waals surface area (Å²) in [4.78, 5) is 13.1. The van der Waals surface area contributed by atoms with E-state index in [1.54, 1.807) is 19.9 Å². The van der Waals surface area contributed by atoms with E-state index in [9.17, 15) is 13.2 Å². The van der Waals surface area contributed by atoms with Crippen LogP contribution in [0.5, 0.6) is 5.88 Å². The Kier molecular flexibility index (Phi) is 5.46. The van der Waals surface area contributed by atoms with Gasteiger partial charge in [0.25, 0.3) is 0 Å². The molecule has 5 nitrogen and oxygen atoms in total. The number of oxazole rings is 1. The zero-order valence-corrected chi connectivity index (χ0v) is 16.8. The summed E-state index contributed by atoms with van der Waals surface area (Å²) < 4.78 is 49.9. The van der Waals surface area contributed by atoms with Crippen molar-refractivity contribution in [1.29, 1.82) is 0 Å². The molecule has 0 saturated carbocycles. The summed E-state index contributed by atoms with van der Waals surface area (Å²) in [6.45, 7) is 3.69. The molecule has 0 spiro atoms. The third-order valence-electron chi connectivity index (χ3n) is 4.57. The average Bonchev–Trinajstić information content (AvgIpc) is 3.12. The van der Waals surface area contributed by atoms with Crippen LogP contribution < -0.4 is 4.74 Å². The number of hydrogen-bond donors (Lipinski definition) is 0. The molecule has 0 saturated heterocycles. The Balaban J connectivity index is 1.53. The van der Waals surface area contributed by atoms with E-state index in [1.165, 1.54) is 12.1 Å². The molecule has 0 aliphatic heterocycles. The van der Waals surface area contributed by atoms with Crippen LogP contribution in [0.2, 0.25) is 0 Å². The minimum Gasteiger partial charge on any atom is -0.471 e. The van der Waals surface area contributed by atoms with E-state index < -0.39 is 11.7 Å². The second kappa shape index (κ2) is 8.22. The van der Waals surface area contributed by atoms with E-state index in [0.29, 0.717) is 34.5 Å². The van der Waals surface area contributed by atoms with Gasteiger partial charge in [-0.3, -0.25) is 0 Å². The fraction of sp³-hybridized carbons (Fsp3) is 0.174. The molecule has 2 aromatic heterocycles. The van der Waals surface area contributed by atoms with Gasteiger partial charge in [-0.1, -0.05) is 30.3 Å². The van der Waals surface area contributed by atoms with E-state index in [1.807, 2.05) is 30.3 Å². The Bertz CT molecular complexity index is 1190. The molecule has 0 aliphatic rings. The number of aryl methyl sites for hydroxylation is 2. The van der Waals surface area contributed by atoms with Crippen molar-refractivity contribution in [2.24, 2.45) is 0 Å². The summed E-state index contributed by atoms with van der Waals surface area (Å²) in [7, 11) is 0. The summed E-state index contributed by atoms with van der Waals surface area (Å²) in [6.07, 6.45) is -4.39. The maximum atomic E-state index is 12.8. The molecule has 0 bridgehead atoms. The molecule has 8 heteroatoms. The first-order chi connectivity index (χ1) is 14.8. The molecule has 0 fully saturated rings. The van der Waals surface area contributed by atoms with Gasteiger partial charge < -0.3 is 9.15 Å². The van der Waals surface area contributed by atoms with E-state index in [4.69, 9.17) is 9.15 Å². The van der Waals surface area contributed by atoms with Gasteiger partial charge in [0.2, 0.25) is 11.8 Å². The minimum atomic E-state index is -4.39. The van der Waals surface area contributed by atoms with Gasteiger partial charge in [-0.05, 0) is 38.1 Å². The molecule has 0 atom stereocenters. The third-order valence-corrected chi connectivity index (χ3v) is 4.57. The summed E-state index contributed by atoms with van der Waals surface area (Å²) >= 11 is 0. The van der Waals surface area contributed by atoms with Crippen molar-refractivity contribution in [2.45, 2.75) is 26.6 Å². The van der Waals surface area contributed by atoms with Gasteiger partial charge in [-0.25, -0.2) is 9.97 Å². The van der Waals surface area contributed by atoms with Crippen molar-refractivity contribution in [2.75, 3.05) is 0 Å². The first kappa shape index (κ1) is 20.6. The molecule has 0 unspecified atom stereocenters. The van der Waals surface area contributed by atoms with E-state index >= 15 is 0 Å². The normalized spacial score (nSPS) is 11.5. The van der Waals surface area contributed by atoms with Gasteiger partial charge in [-0.15, -0.1) is 0 Å². The van der Waals surface area contributed by atoms with Gasteiger partial charge in [0.1, 0.15) is 18.1 Å². The predicted octanol–water partition coefficient (Wildman–Crippen LogP) is 6.01. The Labute approximate surface area is 176 Å². The molecule has 2 aromatic carbocycles. The average molecular weight is 425 g/mol. The molecule has 0 N–H and O–H groups in total. The molecule has 2 heterocycles. The largest absolute Gasteiger partial charge is 0.471 e. The van der Waals surface area contributed by atoms with Crippen LogP contribution in [0.4, 0.5) is 13.2 Å². The van der Waals surface area contributed by atoms with Gasteiger partial charge in [-0.2, -0.15) is 18.2 Å². The lowest BCUT2D eigenvalue weighted by Crippen LogP contribution is -2.05. The number of benzene rings is 2. The lowest BCUT2D eigenvalue weighted by Gasteiger charge is -2.09. The lowest BCUT2D eigenvalue weighted by molar-refractivity contribution is -0.137. The van der Waals surface area contributed by atoms with Crippen LogP contribution in [0.1, 0.15) is 22.7 Å². The number of alkyl halides is 3. The highest BCUT2D eigenvalue weighted by molar-refractivity contribution is 5.56. The fourth-order valence-corrected chi connectivity index (χ4v) is 2.96. The van der Waals surface area contributed by atoms with Gasteiger partial charge in [0.05, 0.1) is 5.56 Å². The number of nitrogens with zero attached hydrogens (tertiary/aromatic N) is 3. The molecule has 158 valence electrons. The molecule has 31 heavy (non-hydrogen) atoms. The number of rotatable bonds is 5. The second-order valence-electron chi connectivity index (χ2n) is 6.92. The van der Waals surface area contributed by atoms with Gasteiger partial charge >= 0.3 is 6.18 Å². The Morgan fingerprint density at radius 1 is 0.871 bits per heavy atom. The third kappa shape index (κ3) is 4.74. The van der Waals surface area contributed by atoms with E-state index in [0.717, 1.165) is 17.7 Å². The summed E-state index contributed by atoms with van der Waals surface area (Å²) in [5.41, 5.74) is 1.86. The van der Waals surface area contributed by atoms with Crippen LogP contribution in [-0.4, -0.2) is 15.0 Å². The minimum absolute atomic E-state index is 0.130. The van der Waals surface area contributed by atoms with Crippen LogP contribution in [0.3, 0.4) is 0 Å². The number of halogens is 3. The molecular weight excluding hydrogens is 407 g/mol.